The summed E-state index contributed by atoms with van der Waals surface area (Å²) >= 11 is 0. The minimum Gasteiger partial charge on any atom is -0.358 e. The lowest BCUT2D eigenvalue weighted by Crippen LogP contribution is -2.39. The highest BCUT2D eigenvalue weighted by atomic mass is 16.7. The maximum atomic E-state index is 13.0. The standard InChI is InChI=1S/C20H30O4/c1-12(2)15-6-7-18(4)8-9-20(24-18)13(3)10-14(22-20)11-19(5)17(23-19)16(15)21/h13-14,17H,6-11H2,1-5H3/t13-,14+,17-,18-,19+,20+/m0/s1. The van der Waals surface area contributed by atoms with E-state index in [1.54, 1.807) is 0 Å². The van der Waals surface area contributed by atoms with Crippen LogP contribution in [0.25, 0.3) is 0 Å². The van der Waals surface area contributed by atoms with Crippen molar-refractivity contribution in [2.24, 2.45) is 5.92 Å². The van der Waals surface area contributed by atoms with Gasteiger partial charge in [-0.3, -0.25) is 4.79 Å². The Bertz CT molecular complexity index is 607. The molecule has 134 valence electrons. The highest BCUT2D eigenvalue weighted by molar-refractivity contribution is 6.01. The molecule has 6 atom stereocenters. The lowest BCUT2D eigenvalue weighted by atomic mass is 9.86. The van der Waals surface area contributed by atoms with Gasteiger partial charge in [0.2, 0.25) is 0 Å². The first-order chi connectivity index (χ1) is 11.2. The highest BCUT2D eigenvalue weighted by Crippen LogP contribution is 2.54. The van der Waals surface area contributed by atoms with E-state index in [-0.39, 0.29) is 29.2 Å². The van der Waals surface area contributed by atoms with Gasteiger partial charge >= 0.3 is 0 Å². The van der Waals surface area contributed by atoms with E-state index >= 15 is 0 Å². The van der Waals surface area contributed by atoms with Gasteiger partial charge in [-0.05, 0) is 59.0 Å². The zero-order valence-corrected chi connectivity index (χ0v) is 15.6. The Balaban J connectivity index is 1.68. The molecule has 4 heteroatoms. The second-order valence-corrected chi connectivity index (χ2v) is 9.10. The van der Waals surface area contributed by atoms with Crippen LogP contribution in [0.2, 0.25) is 0 Å². The van der Waals surface area contributed by atoms with Crippen LogP contribution in [0.1, 0.15) is 73.1 Å². The van der Waals surface area contributed by atoms with Gasteiger partial charge in [0.1, 0.15) is 11.7 Å². The van der Waals surface area contributed by atoms with Crippen molar-refractivity contribution >= 4 is 5.78 Å². The van der Waals surface area contributed by atoms with Crippen molar-refractivity contribution in [3.63, 3.8) is 0 Å². The van der Waals surface area contributed by atoms with Crippen LogP contribution in [-0.2, 0) is 19.0 Å². The predicted molar refractivity (Wildman–Crippen MR) is 90.6 cm³/mol. The van der Waals surface area contributed by atoms with Gasteiger partial charge in [0, 0.05) is 18.8 Å². The number of allylic oxidation sites excluding steroid dienone is 1. The topological polar surface area (TPSA) is 48.1 Å². The number of epoxide rings is 1. The maximum Gasteiger partial charge on any atom is 0.190 e. The molecule has 4 saturated heterocycles. The predicted octanol–water partition coefficient (Wildman–Crippen LogP) is 3.92. The molecular weight excluding hydrogens is 304 g/mol. The van der Waals surface area contributed by atoms with Gasteiger partial charge in [0.25, 0.3) is 0 Å². The Hall–Kier alpha value is -0.710. The number of Topliss-reactive ketones (excluding diaryl/α,β-unsaturated/α-hetero) is 1. The van der Waals surface area contributed by atoms with Crippen molar-refractivity contribution in [2.45, 2.75) is 102 Å². The van der Waals surface area contributed by atoms with Crippen LogP contribution in [-0.4, -0.2) is 35.0 Å². The van der Waals surface area contributed by atoms with E-state index in [9.17, 15) is 4.79 Å². The Morgan fingerprint density at radius 1 is 1.12 bits per heavy atom. The maximum absolute atomic E-state index is 13.0. The van der Waals surface area contributed by atoms with Crippen LogP contribution in [0.3, 0.4) is 0 Å². The SMILES string of the molecule is CC(C)=C1CC[C@@]2(C)CC[C@@]3(O[C@H](C[C@@H]3C)C[C@@]3(C)O[C@H]3C1=O)O2. The van der Waals surface area contributed by atoms with E-state index in [0.717, 1.165) is 49.7 Å². The summed E-state index contributed by atoms with van der Waals surface area (Å²) in [5.74, 6) is 0.149. The first kappa shape index (κ1) is 16.7. The molecule has 1 spiro atoms. The summed E-state index contributed by atoms with van der Waals surface area (Å²) in [6, 6.07) is 0. The Kier molecular flexibility index (Phi) is 3.59. The summed E-state index contributed by atoms with van der Waals surface area (Å²) in [7, 11) is 0. The normalized spacial score (nSPS) is 51.0. The fourth-order valence-electron chi connectivity index (χ4n) is 5.05. The van der Waals surface area contributed by atoms with Gasteiger partial charge in [0.05, 0.1) is 11.7 Å². The first-order valence-corrected chi connectivity index (χ1v) is 9.43. The Labute approximate surface area is 144 Å². The molecule has 4 rings (SSSR count). The van der Waals surface area contributed by atoms with E-state index in [4.69, 9.17) is 14.2 Å². The van der Waals surface area contributed by atoms with Crippen LogP contribution in [0.4, 0.5) is 0 Å². The lowest BCUT2D eigenvalue weighted by Gasteiger charge is -2.33. The molecule has 4 aliphatic rings. The minimum atomic E-state index is -0.422. The molecule has 0 aromatic carbocycles. The van der Waals surface area contributed by atoms with Crippen LogP contribution in [0, 0.1) is 5.92 Å². The van der Waals surface area contributed by atoms with E-state index in [1.807, 2.05) is 13.8 Å². The number of rotatable bonds is 0. The fraction of sp³-hybridized carbons (Fsp3) is 0.850. The molecule has 0 aliphatic carbocycles. The number of carbonyl (C=O) groups is 1. The molecular formula is C20H30O4. The van der Waals surface area contributed by atoms with E-state index in [0.29, 0.717) is 5.92 Å². The number of fused-ring (bicyclic) bond motifs is 3. The van der Waals surface area contributed by atoms with E-state index in [2.05, 4.69) is 20.8 Å². The molecule has 24 heavy (non-hydrogen) atoms. The number of hydrogen-bond acceptors (Lipinski definition) is 4. The summed E-state index contributed by atoms with van der Waals surface area (Å²) in [5.41, 5.74) is 1.49. The van der Waals surface area contributed by atoms with Crippen molar-refractivity contribution in [2.75, 3.05) is 0 Å². The van der Waals surface area contributed by atoms with Gasteiger partial charge in [-0.2, -0.15) is 0 Å². The lowest BCUT2D eigenvalue weighted by molar-refractivity contribution is -0.255. The van der Waals surface area contributed by atoms with E-state index < -0.39 is 5.79 Å². The number of hydrogen-bond donors (Lipinski definition) is 0. The molecule has 4 nitrogen and oxygen atoms in total. The highest BCUT2D eigenvalue weighted by Gasteiger charge is 2.62. The van der Waals surface area contributed by atoms with Crippen LogP contribution in [0.5, 0.6) is 0 Å². The molecule has 0 amide bonds. The zero-order chi connectivity index (χ0) is 17.3. The molecule has 4 aliphatic heterocycles. The van der Waals surface area contributed by atoms with Gasteiger partial charge in [-0.1, -0.05) is 12.5 Å². The largest absolute Gasteiger partial charge is 0.358 e. The van der Waals surface area contributed by atoms with Crippen molar-refractivity contribution in [1.82, 2.24) is 0 Å². The van der Waals surface area contributed by atoms with Crippen molar-refractivity contribution in [1.29, 1.82) is 0 Å². The minimum absolute atomic E-state index is 0.125. The second-order valence-electron chi connectivity index (χ2n) is 9.10. The fourth-order valence-corrected chi connectivity index (χ4v) is 5.05. The molecule has 4 fully saturated rings. The van der Waals surface area contributed by atoms with Crippen LogP contribution < -0.4 is 0 Å². The summed E-state index contributed by atoms with van der Waals surface area (Å²) in [5, 5.41) is 0. The Morgan fingerprint density at radius 3 is 2.58 bits per heavy atom. The van der Waals surface area contributed by atoms with Crippen molar-refractivity contribution in [3.8, 4) is 0 Å². The number of carbonyl (C=O) groups excluding carboxylic acids is 1. The molecule has 4 heterocycles. The summed E-state index contributed by atoms with van der Waals surface area (Å²) in [6.07, 6.45) is 5.21. The molecule has 0 N–H and O–H groups in total. The van der Waals surface area contributed by atoms with Gasteiger partial charge in [0.15, 0.2) is 11.6 Å². The monoisotopic (exact) mass is 334 g/mol. The third-order valence-corrected chi connectivity index (χ3v) is 6.72. The van der Waals surface area contributed by atoms with Gasteiger partial charge < -0.3 is 14.2 Å². The molecule has 0 aromatic heterocycles. The average molecular weight is 334 g/mol. The first-order valence-electron chi connectivity index (χ1n) is 9.43. The van der Waals surface area contributed by atoms with Crippen LogP contribution >= 0.6 is 0 Å². The summed E-state index contributed by atoms with van der Waals surface area (Å²) < 4.78 is 18.9. The second kappa shape index (κ2) is 5.15. The van der Waals surface area contributed by atoms with E-state index in [1.165, 1.54) is 0 Å². The van der Waals surface area contributed by atoms with Crippen molar-refractivity contribution in [3.05, 3.63) is 11.1 Å². The van der Waals surface area contributed by atoms with Gasteiger partial charge in [-0.25, -0.2) is 0 Å². The molecule has 0 unspecified atom stereocenters. The number of ether oxygens (including phenoxy) is 3. The summed E-state index contributed by atoms with van der Waals surface area (Å²) in [6.45, 7) is 10.6. The summed E-state index contributed by atoms with van der Waals surface area (Å²) in [4.78, 5) is 13.0. The third kappa shape index (κ3) is 2.49. The average Bonchev–Trinajstić information content (AvgIpc) is 2.87. The Morgan fingerprint density at radius 2 is 1.88 bits per heavy atom. The number of ketones is 1. The van der Waals surface area contributed by atoms with Crippen molar-refractivity contribution < 1.29 is 19.0 Å². The smallest absolute Gasteiger partial charge is 0.190 e. The molecule has 0 aromatic rings. The quantitative estimate of drug-likeness (QED) is 0.497. The van der Waals surface area contributed by atoms with Crippen LogP contribution in [0.15, 0.2) is 11.1 Å². The molecule has 0 radical (unpaired) electrons. The molecule has 3 bridgehead atoms. The van der Waals surface area contributed by atoms with Gasteiger partial charge in [-0.15, -0.1) is 0 Å². The zero-order valence-electron chi connectivity index (χ0n) is 15.6. The third-order valence-electron chi connectivity index (χ3n) is 6.72. The molecule has 0 saturated carbocycles.